The third-order valence-corrected chi connectivity index (χ3v) is 11.2. The van der Waals surface area contributed by atoms with Gasteiger partial charge in [-0.1, -0.05) is 164 Å². The van der Waals surface area contributed by atoms with E-state index >= 15 is 0 Å². The topological polar surface area (TPSA) is 38.7 Å². The van der Waals surface area contributed by atoms with Crippen LogP contribution < -0.4 is 0 Å². The quantitative estimate of drug-likeness (QED) is 0.174. The highest BCUT2D eigenvalue weighted by Crippen LogP contribution is 2.41. The molecular weight excluding hydrogens is 663 g/mol. The summed E-state index contributed by atoms with van der Waals surface area (Å²) in [5, 5.41) is 4.72. The Morgan fingerprint density at radius 3 is 1.51 bits per heavy atom. The maximum atomic E-state index is 5.23. The molecule has 0 unspecified atom stereocenters. The zero-order chi connectivity index (χ0) is 35.1. The molecule has 8 aromatic carbocycles. The molecule has 0 spiro atoms. The molecule has 248 valence electrons. The molecule has 4 heteroatoms. The van der Waals surface area contributed by atoms with Crippen molar-refractivity contribution in [1.29, 1.82) is 0 Å². The van der Waals surface area contributed by atoms with E-state index in [0.717, 1.165) is 33.0 Å². The predicted molar refractivity (Wildman–Crippen MR) is 223 cm³/mol. The molecule has 0 bridgehead atoms. The van der Waals surface area contributed by atoms with Gasteiger partial charge in [-0.25, -0.2) is 15.0 Å². The summed E-state index contributed by atoms with van der Waals surface area (Å²) in [7, 11) is 0. The van der Waals surface area contributed by atoms with Gasteiger partial charge in [-0.2, -0.15) is 0 Å². The summed E-state index contributed by atoms with van der Waals surface area (Å²) in [4.78, 5) is 15.5. The predicted octanol–water partition coefficient (Wildman–Crippen LogP) is 13.4. The van der Waals surface area contributed by atoms with E-state index in [9.17, 15) is 0 Å². The highest BCUT2D eigenvalue weighted by molar-refractivity contribution is 7.26. The minimum Gasteiger partial charge on any atom is -0.208 e. The second-order valence-corrected chi connectivity index (χ2v) is 14.2. The average molecular weight is 694 g/mol. The molecule has 0 aliphatic heterocycles. The van der Waals surface area contributed by atoms with Crippen LogP contribution in [-0.4, -0.2) is 15.0 Å². The Labute approximate surface area is 311 Å². The molecule has 0 saturated heterocycles. The maximum absolute atomic E-state index is 5.23. The highest BCUT2D eigenvalue weighted by atomic mass is 32.1. The Morgan fingerprint density at radius 2 is 0.774 bits per heavy atom. The van der Waals surface area contributed by atoms with Crippen molar-refractivity contribution < 1.29 is 0 Å². The average Bonchev–Trinajstić information content (AvgIpc) is 3.63. The SMILES string of the molecule is c1ccc(-c2cccc(-c3ccc(-c4ccc(-c5nc(-c6ccccc6)nc(-c6cccc7c6sc6ccccc67)n5)c5ccccc45)cc3)c2)cc1. The van der Waals surface area contributed by atoms with Crippen LogP contribution in [0.25, 0.3) is 98.5 Å². The summed E-state index contributed by atoms with van der Waals surface area (Å²) in [6, 6.07) is 66.4. The van der Waals surface area contributed by atoms with Crippen LogP contribution >= 0.6 is 11.3 Å². The Morgan fingerprint density at radius 1 is 0.283 bits per heavy atom. The molecule has 0 fully saturated rings. The van der Waals surface area contributed by atoms with Gasteiger partial charge in [0.2, 0.25) is 0 Å². The fourth-order valence-corrected chi connectivity index (χ4v) is 8.57. The van der Waals surface area contributed by atoms with Gasteiger partial charge in [0.1, 0.15) is 0 Å². The molecule has 53 heavy (non-hydrogen) atoms. The zero-order valence-electron chi connectivity index (χ0n) is 28.6. The largest absolute Gasteiger partial charge is 0.208 e. The normalized spacial score (nSPS) is 11.4. The number of hydrogen-bond acceptors (Lipinski definition) is 4. The first-order chi connectivity index (χ1) is 26.3. The van der Waals surface area contributed by atoms with Gasteiger partial charge >= 0.3 is 0 Å². The number of thiophene rings is 1. The van der Waals surface area contributed by atoms with E-state index in [1.807, 2.05) is 18.2 Å². The van der Waals surface area contributed by atoms with Crippen molar-refractivity contribution >= 4 is 42.3 Å². The Kier molecular flexibility index (Phi) is 7.67. The summed E-state index contributed by atoms with van der Waals surface area (Å²) in [6.45, 7) is 0. The van der Waals surface area contributed by atoms with Crippen LogP contribution in [0.2, 0.25) is 0 Å². The molecular formula is C49H31N3S. The first-order valence-electron chi connectivity index (χ1n) is 17.8. The molecule has 0 radical (unpaired) electrons. The summed E-state index contributed by atoms with van der Waals surface area (Å²) >= 11 is 1.79. The van der Waals surface area contributed by atoms with Crippen LogP contribution in [-0.2, 0) is 0 Å². The number of aromatic nitrogens is 3. The highest BCUT2D eigenvalue weighted by Gasteiger charge is 2.18. The summed E-state index contributed by atoms with van der Waals surface area (Å²) < 4.78 is 2.43. The van der Waals surface area contributed by atoms with Gasteiger partial charge in [0, 0.05) is 36.9 Å². The van der Waals surface area contributed by atoms with E-state index < -0.39 is 0 Å². The lowest BCUT2D eigenvalue weighted by atomic mass is 9.93. The van der Waals surface area contributed by atoms with Crippen LogP contribution in [0.3, 0.4) is 0 Å². The van der Waals surface area contributed by atoms with Crippen LogP contribution in [0, 0.1) is 0 Å². The molecule has 0 aliphatic carbocycles. The summed E-state index contributed by atoms with van der Waals surface area (Å²) in [6.07, 6.45) is 0. The Bertz CT molecular complexity index is 2930. The van der Waals surface area contributed by atoms with Crippen molar-refractivity contribution in [3.63, 3.8) is 0 Å². The van der Waals surface area contributed by atoms with Crippen molar-refractivity contribution in [2.75, 3.05) is 0 Å². The first-order valence-corrected chi connectivity index (χ1v) is 18.6. The van der Waals surface area contributed by atoms with Gasteiger partial charge in [-0.15, -0.1) is 11.3 Å². The lowest BCUT2D eigenvalue weighted by Gasteiger charge is -2.14. The molecule has 0 aliphatic rings. The minimum absolute atomic E-state index is 0.656. The number of hydrogen-bond donors (Lipinski definition) is 0. The summed E-state index contributed by atoms with van der Waals surface area (Å²) in [5.41, 5.74) is 10.1. The Balaban J connectivity index is 1.09. The van der Waals surface area contributed by atoms with Crippen LogP contribution in [0.4, 0.5) is 0 Å². The molecule has 2 heterocycles. The number of rotatable bonds is 6. The van der Waals surface area contributed by atoms with Gasteiger partial charge in [0.15, 0.2) is 17.5 Å². The maximum Gasteiger partial charge on any atom is 0.165 e. The molecule has 0 amide bonds. The number of benzene rings is 8. The molecule has 2 aromatic heterocycles. The minimum atomic E-state index is 0.656. The van der Waals surface area contributed by atoms with Crippen LogP contribution in [0.5, 0.6) is 0 Å². The van der Waals surface area contributed by atoms with Crippen molar-refractivity contribution in [2.24, 2.45) is 0 Å². The van der Waals surface area contributed by atoms with E-state index in [1.165, 1.54) is 48.0 Å². The molecule has 10 rings (SSSR count). The van der Waals surface area contributed by atoms with Crippen molar-refractivity contribution in [3.8, 4) is 67.5 Å². The molecule has 3 nitrogen and oxygen atoms in total. The van der Waals surface area contributed by atoms with Gasteiger partial charge in [-0.05, 0) is 68.4 Å². The summed E-state index contributed by atoms with van der Waals surface area (Å²) in [5.74, 6) is 1.98. The Hall–Kier alpha value is -6.75. The van der Waals surface area contributed by atoms with Crippen molar-refractivity contribution in [1.82, 2.24) is 15.0 Å². The molecule has 0 saturated carbocycles. The first kappa shape index (κ1) is 31.0. The lowest BCUT2D eigenvalue weighted by molar-refractivity contribution is 1.08. The van der Waals surface area contributed by atoms with Crippen LogP contribution in [0.1, 0.15) is 0 Å². The third-order valence-electron chi connectivity index (χ3n) is 9.98. The third kappa shape index (κ3) is 5.66. The number of nitrogens with zero attached hydrogens (tertiary/aromatic N) is 3. The van der Waals surface area contributed by atoms with Gasteiger partial charge in [0.05, 0.1) is 0 Å². The van der Waals surface area contributed by atoms with Gasteiger partial charge in [0.25, 0.3) is 0 Å². The standard InChI is InChI=1S/C49H31N3S/c1-3-13-32(14-4-1)36-17-11-18-37(31-36)33-25-27-34(28-26-33)38-29-30-43(40-20-8-7-19-39(38)40)48-50-47(35-15-5-2-6-16-35)51-49(52-48)44-23-12-22-42-41-21-9-10-24-45(41)53-46(42)44/h1-31H. The second kappa shape index (κ2) is 13.1. The van der Waals surface area contributed by atoms with E-state index in [4.69, 9.17) is 15.0 Å². The van der Waals surface area contributed by atoms with E-state index in [2.05, 4.69) is 170 Å². The van der Waals surface area contributed by atoms with Gasteiger partial charge < -0.3 is 0 Å². The molecule has 0 atom stereocenters. The fraction of sp³-hybridized carbons (Fsp3) is 0. The lowest BCUT2D eigenvalue weighted by Crippen LogP contribution is -2.01. The smallest absolute Gasteiger partial charge is 0.165 e. The molecule has 10 aromatic rings. The zero-order valence-corrected chi connectivity index (χ0v) is 29.5. The van der Waals surface area contributed by atoms with E-state index in [0.29, 0.717) is 17.5 Å². The van der Waals surface area contributed by atoms with Crippen molar-refractivity contribution in [2.45, 2.75) is 0 Å². The molecule has 0 N–H and O–H groups in total. The van der Waals surface area contributed by atoms with Gasteiger partial charge in [-0.3, -0.25) is 0 Å². The number of fused-ring (bicyclic) bond motifs is 4. The monoisotopic (exact) mass is 693 g/mol. The van der Waals surface area contributed by atoms with E-state index in [1.54, 1.807) is 11.3 Å². The second-order valence-electron chi connectivity index (χ2n) is 13.2. The fourth-order valence-electron chi connectivity index (χ4n) is 7.35. The van der Waals surface area contributed by atoms with Crippen LogP contribution in [0.15, 0.2) is 188 Å². The van der Waals surface area contributed by atoms with Crippen molar-refractivity contribution in [3.05, 3.63) is 188 Å². The van der Waals surface area contributed by atoms with E-state index in [-0.39, 0.29) is 0 Å².